The molecule has 1 aliphatic rings. The van der Waals surface area contributed by atoms with Gasteiger partial charge < -0.3 is 20.3 Å². The predicted molar refractivity (Wildman–Crippen MR) is 101 cm³/mol. The van der Waals surface area contributed by atoms with E-state index >= 15 is 0 Å². The number of hydrogen-bond donors (Lipinski definition) is 2. The van der Waals surface area contributed by atoms with E-state index in [1.807, 2.05) is 24.3 Å². The molecule has 0 spiro atoms. The number of hydrogen-bond acceptors (Lipinski definition) is 4. The summed E-state index contributed by atoms with van der Waals surface area (Å²) in [5, 5.41) is 5.45. The normalized spacial score (nSPS) is 16.2. The topological polar surface area (TPSA) is 87.7 Å². The molecule has 27 heavy (non-hydrogen) atoms. The van der Waals surface area contributed by atoms with Gasteiger partial charge in [-0.2, -0.15) is 0 Å². The highest BCUT2D eigenvalue weighted by atomic mass is 16.5. The van der Waals surface area contributed by atoms with E-state index in [1.54, 1.807) is 38.3 Å². The molecule has 2 aromatic carbocycles. The van der Waals surface area contributed by atoms with Crippen molar-refractivity contribution in [3.8, 4) is 5.75 Å². The summed E-state index contributed by atoms with van der Waals surface area (Å²) in [7, 11) is 1.59. The lowest BCUT2D eigenvalue weighted by atomic mass is 10.1. The Morgan fingerprint density at radius 1 is 1.15 bits per heavy atom. The van der Waals surface area contributed by atoms with Crippen LogP contribution in [-0.2, 0) is 16.1 Å². The van der Waals surface area contributed by atoms with Crippen molar-refractivity contribution in [2.24, 2.45) is 0 Å². The highest BCUT2D eigenvalue weighted by Crippen LogP contribution is 2.24. The number of anilines is 1. The molecule has 7 nitrogen and oxygen atoms in total. The molecule has 1 heterocycles. The third-order valence-corrected chi connectivity index (χ3v) is 4.37. The molecule has 0 saturated carbocycles. The number of nitrogens with one attached hydrogen (secondary N) is 2. The summed E-state index contributed by atoms with van der Waals surface area (Å²) in [4.78, 5) is 38.7. The van der Waals surface area contributed by atoms with Crippen molar-refractivity contribution in [2.75, 3.05) is 18.6 Å². The summed E-state index contributed by atoms with van der Waals surface area (Å²) in [6, 6.07) is 13.4. The number of amides is 3. The van der Waals surface area contributed by atoms with Gasteiger partial charge in [-0.3, -0.25) is 14.4 Å². The molecule has 0 bridgehead atoms. The molecule has 0 aromatic heterocycles. The smallest absolute Gasteiger partial charge is 0.254 e. The molecule has 0 radical (unpaired) electrons. The van der Waals surface area contributed by atoms with Crippen molar-refractivity contribution in [3.63, 3.8) is 0 Å². The van der Waals surface area contributed by atoms with Crippen LogP contribution in [0.3, 0.4) is 0 Å². The van der Waals surface area contributed by atoms with Gasteiger partial charge in [0, 0.05) is 6.54 Å². The number of carbonyl (C=O) groups is 3. The largest absolute Gasteiger partial charge is 0.497 e. The Morgan fingerprint density at radius 2 is 1.85 bits per heavy atom. The van der Waals surface area contributed by atoms with Gasteiger partial charge in [0.2, 0.25) is 11.8 Å². The zero-order valence-electron chi connectivity index (χ0n) is 15.2. The Kier molecular flexibility index (Phi) is 5.40. The highest BCUT2D eigenvalue weighted by molar-refractivity contribution is 6.12. The van der Waals surface area contributed by atoms with Crippen molar-refractivity contribution >= 4 is 23.4 Å². The minimum atomic E-state index is -0.709. The number of ether oxygens (including phenoxy) is 1. The second-order valence-electron chi connectivity index (χ2n) is 6.26. The van der Waals surface area contributed by atoms with Gasteiger partial charge in [-0.05, 0) is 36.8 Å². The molecule has 0 unspecified atom stereocenters. The minimum Gasteiger partial charge on any atom is -0.497 e. The molecular formula is C20H21N3O4. The first-order valence-corrected chi connectivity index (χ1v) is 8.60. The maximum atomic E-state index is 12.7. The Labute approximate surface area is 157 Å². The maximum Gasteiger partial charge on any atom is 0.254 e. The molecule has 7 heteroatoms. The van der Waals surface area contributed by atoms with E-state index in [0.29, 0.717) is 17.8 Å². The third kappa shape index (κ3) is 4.08. The number of para-hydroxylation sites is 1. The van der Waals surface area contributed by atoms with Crippen LogP contribution in [0.1, 0.15) is 22.8 Å². The van der Waals surface area contributed by atoms with Crippen molar-refractivity contribution in [3.05, 3.63) is 59.7 Å². The first-order valence-electron chi connectivity index (χ1n) is 8.60. The molecular weight excluding hydrogens is 346 g/mol. The summed E-state index contributed by atoms with van der Waals surface area (Å²) in [5.41, 5.74) is 1.72. The zero-order valence-corrected chi connectivity index (χ0v) is 15.2. The molecule has 2 aromatic rings. The van der Waals surface area contributed by atoms with E-state index < -0.39 is 6.04 Å². The molecule has 3 rings (SSSR count). The fourth-order valence-electron chi connectivity index (χ4n) is 2.90. The van der Waals surface area contributed by atoms with E-state index in [9.17, 15) is 14.4 Å². The van der Waals surface area contributed by atoms with Crippen molar-refractivity contribution < 1.29 is 19.1 Å². The number of benzene rings is 2. The highest BCUT2D eigenvalue weighted by Gasteiger charge is 2.32. The molecule has 3 amide bonds. The lowest BCUT2D eigenvalue weighted by molar-refractivity contribution is -0.124. The van der Waals surface area contributed by atoms with E-state index in [0.717, 1.165) is 11.3 Å². The summed E-state index contributed by atoms with van der Waals surface area (Å²) >= 11 is 0. The van der Waals surface area contributed by atoms with Crippen LogP contribution in [0, 0.1) is 0 Å². The minimum absolute atomic E-state index is 0.161. The molecule has 1 atom stereocenters. The van der Waals surface area contributed by atoms with Gasteiger partial charge in [0.1, 0.15) is 18.3 Å². The second kappa shape index (κ2) is 7.90. The number of carbonyl (C=O) groups excluding carboxylic acids is 3. The monoisotopic (exact) mass is 367 g/mol. The van der Waals surface area contributed by atoms with Gasteiger partial charge in [0.15, 0.2) is 0 Å². The summed E-state index contributed by atoms with van der Waals surface area (Å²) in [5.74, 6) is -0.223. The Bertz CT molecular complexity index is 864. The molecule has 0 aliphatic carbocycles. The average molecular weight is 367 g/mol. The maximum absolute atomic E-state index is 12.7. The number of fused-ring (bicyclic) bond motifs is 1. The zero-order chi connectivity index (χ0) is 19.4. The quantitative estimate of drug-likeness (QED) is 0.838. The first kappa shape index (κ1) is 18.4. The van der Waals surface area contributed by atoms with E-state index in [-0.39, 0.29) is 24.3 Å². The first-order chi connectivity index (χ1) is 13.0. The van der Waals surface area contributed by atoms with Crippen molar-refractivity contribution in [1.29, 1.82) is 0 Å². The van der Waals surface area contributed by atoms with E-state index in [1.165, 1.54) is 4.90 Å². The molecule has 0 fully saturated rings. The standard InChI is InChI=1S/C20H21N3O4/c1-13-20(26)23(17-6-4-3-5-16(17)19(25)22-13)12-18(24)21-11-14-7-9-15(27-2)10-8-14/h3-10,13H,11-12H2,1-2H3,(H,21,24)(H,22,25)/t13-/m1/s1. The van der Waals surface area contributed by atoms with Gasteiger partial charge in [-0.25, -0.2) is 0 Å². The fourth-order valence-corrected chi connectivity index (χ4v) is 2.90. The van der Waals surface area contributed by atoms with E-state index in [2.05, 4.69) is 10.6 Å². The molecule has 0 saturated heterocycles. The number of rotatable bonds is 5. The van der Waals surface area contributed by atoms with Gasteiger partial charge in [-0.1, -0.05) is 24.3 Å². The number of nitrogens with zero attached hydrogens (tertiary/aromatic N) is 1. The molecule has 1 aliphatic heterocycles. The number of methoxy groups -OCH3 is 1. The Balaban J connectivity index is 1.72. The van der Waals surface area contributed by atoms with Crippen LogP contribution in [0.5, 0.6) is 5.75 Å². The SMILES string of the molecule is COc1ccc(CNC(=O)CN2C(=O)[C@@H](C)NC(=O)c3ccccc32)cc1. The third-order valence-electron chi connectivity index (χ3n) is 4.37. The Morgan fingerprint density at radius 3 is 2.56 bits per heavy atom. The van der Waals surface area contributed by atoms with Gasteiger partial charge in [0.05, 0.1) is 18.4 Å². The van der Waals surface area contributed by atoms with Gasteiger partial charge >= 0.3 is 0 Å². The van der Waals surface area contributed by atoms with Gasteiger partial charge in [0.25, 0.3) is 5.91 Å². The van der Waals surface area contributed by atoms with Crippen LogP contribution >= 0.6 is 0 Å². The van der Waals surface area contributed by atoms with Crippen LogP contribution in [-0.4, -0.2) is 37.4 Å². The summed E-state index contributed by atoms with van der Waals surface area (Å²) < 4.78 is 5.11. The predicted octanol–water partition coefficient (Wildman–Crippen LogP) is 1.48. The van der Waals surface area contributed by atoms with Crippen LogP contribution in [0.15, 0.2) is 48.5 Å². The van der Waals surface area contributed by atoms with Crippen LogP contribution < -0.4 is 20.3 Å². The molecule has 2 N–H and O–H groups in total. The van der Waals surface area contributed by atoms with Crippen LogP contribution in [0.2, 0.25) is 0 Å². The second-order valence-corrected chi connectivity index (χ2v) is 6.26. The van der Waals surface area contributed by atoms with Gasteiger partial charge in [-0.15, -0.1) is 0 Å². The van der Waals surface area contributed by atoms with E-state index in [4.69, 9.17) is 4.74 Å². The average Bonchev–Trinajstić information content (AvgIpc) is 2.77. The van der Waals surface area contributed by atoms with Crippen molar-refractivity contribution in [2.45, 2.75) is 19.5 Å². The lowest BCUT2D eigenvalue weighted by Gasteiger charge is -2.23. The fraction of sp³-hybridized carbons (Fsp3) is 0.250. The van der Waals surface area contributed by atoms with Crippen molar-refractivity contribution in [1.82, 2.24) is 10.6 Å². The lowest BCUT2D eigenvalue weighted by Crippen LogP contribution is -2.47. The summed E-state index contributed by atoms with van der Waals surface area (Å²) in [6.45, 7) is 1.78. The van der Waals surface area contributed by atoms with Crippen LogP contribution in [0.25, 0.3) is 0 Å². The summed E-state index contributed by atoms with van der Waals surface area (Å²) in [6.07, 6.45) is 0. The Hall–Kier alpha value is -3.35. The molecule has 140 valence electrons. The van der Waals surface area contributed by atoms with Crippen LogP contribution in [0.4, 0.5) is 5.69 Å².